The molecule has 0 aliphatic carbocycles. The quantitative estimate of drug-likeness (QED) is 0.0974. The molecule has 0 atom stereocenters. The molecule has 0 spiro atoms. The van der Waals surface area contributed by atoms with E-state index >= 15 is 0 Å². The van der Waals surface area contributed by atoms with Gasteiger partial charge in [0.2, 0.25) is 5.82 Å². The third-order valence-corrected chi connectivity index (χ3v) is 7.82. The summed E-state index contributed by atoms with van der Waals surface area (Å²) in [5.41, 5.74) is 0.155. The molecule has 0 radical (unpaired) electrons. The van der Waals surface area contributed by atoms with Gasteiger partial charge in [-0.3, -0.25) is 0 Å². The molecule has 0 fully saturated rings. The number of rotatable bonds is 19. The first-order chi connectivity index (χ1) is 20.7. The molecule has 3 rings (SSSR count). The normalized spacial score (nSPS) is 11.7. The zero-order valence-electron chi connectivity index (χ0n) is 25.4. The van der Waals surface area contributed by atoms with Crippen molar-refractivity contribution >= 4 is 0 Å². The van der Waals surface area contributed by atoms with Crippen molar-refractivity contribution in [3.05, 3.63) is 77.4 Å². The van der Waals surface area contributed by atoms with Crippen LogP contribution in [0.25, 0.3) is 22.3 Å². The molecule has 0 amide bonds. The SMILES string of the molecule is CCCCCCCCCCOc1ccc(-c2ccc(-c3ccc(CC(F)(F)CCCCCC)c(F)c3F)cc2)c(F)c1F. The molecule has 0 heterocycles. The zero-order valence-corrected chi connectivity index (χ0v) is 25.4. The van der Waals surface area contributed by atoms with Crippen molar-refractivity contribution < 1.29 is 31.1 Å². The summed E-state index contributed by atoms with van der Waals surface area (Å²) in [7, 11) is 0. The third kappa shape index (κ3) is 10.3. The van der Waals surface area contributed by atoms with Crippen LogP contribution in [0.5, 0.6) is 5.75 Å². The molecule has 7 heteroatoms. The van der Waals surface area contributed by atoms with Crippen LogP contribution >= 0.6 is 0 Å². The molecule has 0 saturated carbocycles. The van der Waals surface area contributed by atoms with Crippen molar-refractivity contribution in [2.75, 3.05) is 6.61 Å². The Kier molecular flexibility index (Phi) is 13.9. The van der Waals surface area contributed by atoms with Gasteiger partial charge in [-0.05, 0) is 41.7 Å². The highest BCUT2D eigenvalue weighted by molar-refractivity contribution is 5.71. The van der Waals surface area contributed by atoms with E-state index in [0.29, 0.717) is 25.0 Å². The van der Waals surface area contributed by atoms with Crippen molar-refractivity contribution in [1.82, 2.24) is 0 Å². The molecule has 0 aromatic heterocycles. The topological polar surface area (TPSA) is 9.23 Å². The maximum atomic E-state index is 15.0. The van der Waals surface area contributed by atoms with E-state index in [-0.39, 0.29) is 34.4 Å². The molecule has 0 N–H and O–H groups in total. The summed E-state index contributed by atoms with van der Waals surface area (Å²) in [5, 5.41) is 0. The zero-order chi connectivity index (χ0) is 31.2. The molecular formula is C36H44F6O. The van der Waals surface area contributed by atoms with Crippen molar-refractivity contribution in [1.29, 1.82) is 0 Å². The van der Waals surface area contributed by atoms with Gasteiger partial charge in [-0.15, -0.1) is 0 Å². The summed E-state index contributed by atoms with van der Waals surface area (Å²) in [6.45, 7) is 4.47. The van der Waals surface area contributed by atoms with Crippen molar-refractivity contribution in [3.8, 4) is 28.0 Å². The predicted molar refractivity (Wildman–Crippen MR) is 163 cm³/mol. The van der Waals surface area contributed by atoms with Gasteiger partial charge in [-0.1, -0.05) is 114 Å². The van der Waals surface area contributed by atoms with Crippen LogP contribution in [0.15, 0.2) is 48.5 Å². The molecule has 3 aromatic rings. The van der Waals surface area contributed by atoms with Gasteiger partial charge in [0.25, 0.3) is 5.92 Å². The van der Waals surface area contributed by atoms with Crippen LogP contribution in [-0.2, 0) is 6.42 Å². The maximum absolute atomic E-state index is 15.0. The minimum atomic E-state index is -3.13. The van der Waals surface area contributed by atoms with Crippen LogP contribution in [0.1, 0.15) is 103 Å². The number of halogens is 6. The van der Waals surface area contributed by atoms with Gasteiger partial charge in [-0.25, -0.2) is 22.0 Å². The summed E-state index contributed by atoms with van der Waals surface area (Å²) in [4.78, 5) is 0. The standard InChI is InChI=1S/C36H44F6O/c1-3-5-7-9-10-11-12-14-24-43-31-22-21-30(34(39)35(31)40)27-17-15-26(16-18-27)29-20-19-28(32(37)33(29)38)25-36(41,42)23-13-8-6-4-2/h15-22H,3-14,23-25H2,1-2H3. The molecule has 0 bridgehead atoms. The Morgan fingerprint density at radius 1 is 0.535 bits per heavy atom. The molecule has 3 aromatic carbocycles. The summed E-state index contributed by atoms with van der Waals surface area (Å²) in [6.07, 6.45) is 10.5. The van der Waals surface area contributed by atoms with Crippen molar-refractivity contribution in [2.24, 2.45) is 0 Å². The lowest BCUT2D eigenvalue weighted by Crippen LogP contribution is -2.20. The number of alkyl halides is 2. The first-order valence-electron chi connectivity index (χ1n) is 15.7. The Morgan fingerprint density at radius 2 is 1.02 bits per heavy atom. The lowest BCUT2D eigenvalue weighted by Gasteiger charge is -2.17. The Morgan fingerprint density at radius 3 is 1.60 bits per heavy atom. The highest BCUT2D eigenvalue weighted by Gasteiger charge is 2.31. The fraction of sp³-hybridized carbons (Fsp3) is 0.500. The van der Waals surface area contributed by atoms with Crippen LogP contribution in [0.3, 0.4) is 0 Å². The van der Waals surface area contributed by atoms with E-state index in [9.17, 15) is 26.3 Å². The molecule has 0 saturated heterocycles. The van der Waals surface area contributed by atoms with Gasteiger partial charge < -0.3 is 4.74 Å². The van der Waals surface area contributed by atoms with Crippen LogP contribution in [0, 0.1) is 23.3 Å². The van der Waals surface area contributed by atoms with E-state index in [1.807, 2.05) is 6.92 Å². The van der Waals surface area contributed by atoms with Crippen LogP contribution in [0.4, 0.5) is 26.3 Å². The number of hydrogen-bond donors (Lipinski definition) is 0. The van der Waals surface area contributed by atoms with Crippen molar-refractivity contribution in [2.45, 2.75) is 110 Å². The summed E-state index contributed by atoms with van der Waals surface area (Å²) >= 11 is 0. The van der Waals surface area contributed by atoms with E-state index in [4.69, 9.17) is 4.74 Å². The van der Waals surface area contributed by atoms with Crippen LogP contribution in [-0.4, -0.2) is 12.5 Å². The van der Waals surface area contributed by atoms with Gasteiger partial charge in [0.05, 0.1) is 6.61 Å². The summed E-state index contributed by atoms with van der Waals surface area (Å²) in [6, 6.07) is 11.1. The first kappa shape index (κ1) is 34.5. The lowest BCUT2D eigenvalue weighted by molar-refractivity contribution is -0.0103. The van der Waals surface area contributed by atoms with Gasteiger partial charge >= 0.3 is 0 Å². The Labute approximate surface area is 252 Å². The molecular weight excluding hydrogens is 562 g/mol. The third-order valence-electron chi connectivity index (χ3n) is 7.82. The fourth-order valence-electron chi connectivity index (χ4n) is 5.24. The average molecular weight is 607 g/mol. The first-order valence-corrected chi connectivity index (χ1v) is 15.7. The fourth-order valence-corrected chi connectivity index (χ4v) is 5.24. The highest BCUT2D eigenvalue weighted by atomic mass is 19.3. The number of hydrogen-bond acceptors (Lipinski definition) is 1. The second-order valence-corrected chi connectivity index (χ2v) is 11.4. The molecule has 1 nitrogen and oxygen atoms in total. The van der Waals surface area contributed by atoms with Gasteiger partial charge in [0, 0.05) is 24.0 Å². The minimum Gasteiger partial charge on any atom is -0.490 e. The van der Waals surface area contributed by atoms with Gasteiger partial charge in [0.15, 0.2) is 23.2 Å². The Hall–Kier alpha value is -2.96. The summed E-state index contributed by atoms with van der Waals surface area (Å²) in [5.74, 6) is -7.93. The maximum Gasteiger partial charge on any atom is 0.252 e. The van der Waals surface area contributed by atoms with Gasteiger partial charge in [-0.2, -0.15) is 4.39 Å². The number of benzene rings is 3. The van der Waals surface area contributed by atoms with E-state index in [0.717, 1.165) is 32.1 Å². The molecule has 0 unspecified atom stereocenters. The van der Waals surface area contributed by atoms with Crippen molar-refractivity contribution in [3.63, 3.8) is 0 Å². The lowest BCUT2D eigenvalue weighted by atomic mass is 9.96. The van der Waals surface area contributed by atoms with E-state index in [1.54, 1.807) is 0 Å². The highest BCUT2D eigenvalue weighted by Crippen LogP contribution is 2.34. The minimum absolute atomic E-state index is 0.00616. The van der Waals surface area contributed by atoms with E-state index < -0.39 is 35.6 Å². The second-order valence-electron chi connectivity index (χ2n) is 11.4. The Bertz CT molecular complexity index is 1270. The molecule has 0 aliphatic rings. The number of unbranched alkanes of at least 4 members (excludes halogenated alkanes) is 10. The molecule has 236 valence electrons. The molecule has 43 heavy (non-hydrogen) atoms. The van der Waals surface area contributed by atoms with E-state index in [1.165, 1.54) is 80.6 Å². The van der Waals surface area contributed by atoms with Crippen LogP contribution in [0.2, 0.25) is 0 Å². The average Bonchev–Trinajstić information content (AvgIpc) is 2.99. The summed E-state index contributed by atoms with van der Waals surface area (Å²) < 4.78 is 93.6. The smallest absolute Gasteiger partial charge is 0.252 e. The van der Waals surface area contributed by atoms with E-state index in [2.05, 4.69) is 6.92 Å². The predicted octanol–water partition coefficient (Wildman–Crippen LogP) is 12.2. The monoisotopic (exact) mass is 606 g/mol. The second kappa shape index (κ2) is 17.4. The molecule has 0 aliphatic heterocycles. The Balaban J connectivity index is 1.61. The van der Waals surface area contributed by atoms with Crippen LogP contribution < -0.4 is 4.74 Å². The largest absolute Gasteiger partial charge is 0.490 e. The van der Waals surface area contributed by atoms with Gasteiger partial charge in [0.1, 0.15) is 0 Å². The number of ether oxygens (including phenoxy) is 1.